The number of halogens is 3. The fourth-order valence-electron chi connectivity index (χ4n) is 0.502. The van der Waals surface area contributed by atoms with Gasteiger partial charge in [0.1, 0.15) is 11.6 Å². The first-order valence-electron chi connectivity index (χ1n) is 2.40. The van der Waals surface area contributed by atoms with Gasteiger partial charge < -0.3 is 0 Å². The zero-order valence-corrected chi connectivity index (χ0v) is 6.94. The molecule has 0 fully saturated rings. The number of hydrogen-bond acceptors (Lipinski definition) is 0. The Morgan fingerprint density at radius 3 is 2.20 bits per heavy atom. The molecule has 56 valence electrons. The van der Waals surface area contributed by atoms with Crippen LogP contribution in [0.1, 0.15) is 0 Å². The van der Waals surface area contributed by atoms with Gasteiger partial charge in [0.15, 0.2) is 0 Å². The largest absolute Gasteiger partial charge is 0.207 e. The molecule has 1 aromatic carbocycles. The minimum atomic E-state index is -0.543. The van der Waals surface area contributed by atoms with Crippen molar-refractivity contribution in [3.05, 3.63) is 29.8 Å². The summed E-state index contributed by atoms with van der Waals surface area (Å²) in [7, 11) is 2.17. The van der Waals surface area contributed by atoms with Crippen LogP contribution in [-0.2, 0) is 0 Å². The van der Waals surface area contributed by atoms with E-state index in [0.29, 0.717) is 5.30 Å². The monoisotopic (exact) mass is 182 g/mol. The van der Waals surface area contributed by atoms with Gasteiger partial charge in [0.25, 0.3) is 0 Å². The summed E-state index contributed by atoms with van der Waals surface area (Å²) in [5.74, 6) is -1.07. The highest BCUT2D eigenvalue weighted by molar-refractivity contribution is 7.27. The maximum atomic E-state index is 12.3. The van der Waals surface area contributed by atoms with Gasteiger partial charge in [-0.25, -0.2) is 8.78 Å². The molecule has 0 aliphatic carbocycles. The van der Waals surface area contributed by atoms with Crippen LogP contribution in [0.5, 0.6) is 0 Å². The molecule has 0 spiro atoms. The second-order valence-electron chi connectivity index (χ2n) is 1.67. The average molecular weight is 183 g/mol. The molecule has 0 nitrogen and oxygen atoms in total. The van der Waals surface area contributed by atoms with E-state index in [9.17, 15) is 8.78 Å². The Kier molecular flexibility index (Phi) is 3.77. The Morgan fingerprint density at radius 1 is 1.20 bits per heavy atom. The van der Waals surface area contributed by atoms with Crippen LogP contribution in [0.2, 0.25) is 0 Å². The second kappa shape index (κ2) is 3.85. The van der Waals surface area contributed by atoms with Crippen LogP contribution >= 0.6 is 21.6 Å². The SMILES string of the molecule is Cl.Fc1ccc(P)c(F)c1. The topological polar surface area (TPSA) is 0 Å². The Hall–Kier alpha value is -0.200. The quantitative estimate of drug-likeness (QED) is 0.538. The summed E-state index contributed by atoms with van der Waals surface area (Å²) in [4.78, 5) is 0. The molecule has 4 heteroatoms. The van der Waals surface area contributed by atoms with Gasteiger partial charge >= 0.3 is 0 Å². The van der Waals surface area contributed by atoms with Gasteiger partial charge in [-0.1, -0.05) is 0 Å². The number of hydrogen-bond donors (Lipinski definition) is 0. The van der Waals surface area contributed by atoms with Gasteiger partial charge in [0, 0.05) is 11.4 Å². The van der Waals surface area contributed by atoms with Crippen LogP contribution in [0.3, 0.4) is 0 Å². The third kappa shape index (κ3) is 2.20. The molecule has 0 heterocycles. The van der Waals surface area contributed by atoms with Crippen LogP contribution in [0.4, 0.5) is 8.78 Å². The fraction of sp³-hybridized carbons (Fsp3) is 0. The van der Waals surface area contributed by atoms with Gasteiger partial charge in [-0.2, -0.15) is 0 Å². The van der Waals surface area contributed by atoms with Gasteiger partial charge in [-0.3, -0.25) is 0 Å². The van der Waals surface area contributed by atoms with Gasteiger partial charge in [-0.05, 0) is 12.1 Å². The van der Waals surface area contributed by atoms with Crippen LogP contribution in [-0.4, -0.2) is 0 Å². The number of benzene rings is 1. The van der Waals surface area contributed by atoms with Crippen molar-refractivity contribution in [2.75, 3.05) is 0 Å². The third-order valence-corrected chi connectivity index (χ3v) is 1.43. The second-order valence-corrected chi connectivity index (χ2v) is 2.29. The van der Waals surface area contributed by atoms with Crippen LogP contribution in [0, 0.1) is 11.6 Å². The Balaban J connectivity index is 0.000000810. The van der Waals surface area contributed by atoms with Crippen molar-refractivity contribution in [1.82, 2.24) is 0 Å². The molecular weight excluding hydrogens is 176 g/mol. The van der Waals surface area contributed by atoms with Gasteiger partial charge in [0.05, 0.1) is 0 Å². The lowest BCUT2D eigenvalue weighted by molar-refractivity contribution is 0.589. The lowest BCUT2D eigenvalue weighted by atomic mass is 10.3. The molecule has 0 amide bonds. The highest BCUT2D eigenvalue weighted by Crippen LogP contribution is 2.01. The van der Waals surface area contributed by atoms with E-state index in [1.165, 1.54) is 12.1 Å². The maximum absolute atomic E-state index is 12.3. The molecule has 0 saturated heterocycles. The average Bonchev–Trinajstić information content (AvgIpc) is 1.80. The van der Waals surface area contributed by atoms with Gasteiger partial charge in [-0.15, -0.1) is 21.6 Å². The molecule has 0 bridgehead atoms. The number of rotatable bonds is 0. The zero-order chi connectivity index (χ0) is 6.85. The summed E-state index contributed by atoms with van der Waals surface area (Å²) in [5, 5.41) is 0.386. The van der Waals surface area contributed by atoms with Crippen LogP contribution in [0.15, 0.2) is 18.2 Å². The Bertz CT molecular complexity index is 227. The molecule has 0 saturated carbocycles. The van der Waals surface area contributed by atoms with E-state index in [2.05, 4.69) is 9.24 Å². The lowest BCUT2D eigenvalue weighted by Gasteiger charge is -1.92. The summed E-state index contributed by atoms with van der Waals surface area (Å²) >= 11 is 0. The minimum absolute atomic E-state index is 0. The van der Waals surface area contributed by atoms with E-state index in [1.807, 2.05) is 0 Å². The zero-order valence-electron chi connectivity index (χ0n) is 4.97. The molecule has 1 rings (SSSR count). The van der Waals surface area contributed by atoms with E-state index >= 15 is 0 Å². The highest BCUT2D eigenvalue weighted by Gasteiger charge is 1.96. The molecule has 1 aromatic rings. The first-order chi connectivity index (χ1) is 4.20. The van der Waals surface area contributed by atoms with E-state index in [4.69, 9.17) is 0 Å². The van der Waals surface area contributed by atoms with E-state index < -0.39 is 11.6 Å². The minimum Gasteiger partial charge on any atom is -0.207 e. The summed E-state index contributed by atoms with van der Waals surface area (Å²) in [5.41, 5.74) is 0. The Morgan fingerprint density at radius 2 is 1.80 bits per heavy atom. The predicted molar refractivity (Wildman–Crippen MR) is 43.0 cm³/mol. The summed E-state index contributed by atoms with van der Waals surface area (Å²) in [6.45, 7) is 0. The molecule has 0 N–H and O–H groups in total. The summed E-state index contributed by atoms with van der Waals surface area (Å²) in [6.07, 6.45) is 0. The molecule has 0 radical (unpaired) electrons. The van der Waals surface area contributed by atoms with Crippen molar-refractivity contribution >= 4 is 27.0 Å². The van der Waals surface area contributed by atoms with Crippen molar-refractivity contribution in [3.8, 4) is 0 Å². The molecule has 1 atom stereocenters. The molecular formula is C6H6ClF2P. The molecule has 0 aliphatic heterocycles. The standard InChI is InChI=1S/C6H5F2P.ClH/c7-4-1-2-6(9)5(8)3-4;/h1-3H,9H2;1H. The van der Waals surface area contributed by atoms with Crippen LogP contribution in [0.25, 0.3) is 0 Å². The first kappa shape index (κ1) is 9.80. The van der Waals surface area contributed by atoms with Crippen molar-refractivity contribution in [2.45, 2.75) is 0 Å². The van der Waals surface area contributed by atoms with Crippen LogP contribution < -0.4 is 5.30 Å². The maximum Gasteiger partial charge on any atom is 0.133 e. The van der Waals surface area contributed by atoms with Gasteiger partial charge in [0.2, 0.25) is 0 Å². The van der Waals surface area contributed by atoms with E-state index in [0.717, 1.165) is 6.07 Å². The third-order valence-electron chi connectivity index (χ3n) is 0.962. The van der Waals surface area contributed by atoms with E-state index in [-0.39, 0.29) is 12.4 Å². The van der Waals surface area contributed by atoms with Crippen molar-refractivity contribution in [3.63, 3.8) is 0 Å². The normalized spacial score (nSPS) is 8.70. The lowest BCUT2D eigenvalue weighted by Crippen LogP contribution is -1.96. The summed E-state index contributed by atoms with van der Waals surface area (Å²) in [6, 6.07) is 3.43. The summed E-state index contributed by atoms with van der Waals surface area (Å²) < 4.78 is 24.4. The van der Waals surface area contributed by atoms with Crippen molar-refractivity contribution in [2.24, 2.45) is 0 Å². The highest BCUT2D eigenvalue weighted by atomic mass is 35.5. The smallest absolute Gasteiger partial charge is 0.133 e. The molecule has 1 unspecified atom stereocenters. The van der Waals surface area contributed by atoms with Crippen molar-refractivity contribution in [1.29, 1.82) is 0 Å². The predicted octanol–water partition coefficient (Wildman–Crippen LogP) is 1.89. The molecule has 0 aliphatic rings. The van der Waals surface area contributed by atoms with Crippen molar-refractivity contribution < 1.29 is 8.78 Å². The Labute approximate surface area is 66.2 Å². The first-order valence-corrected chi connectivity index (χ1v) is 2.98. The van der Waals surface area contributed by atoms with E-state index in [1.54, 1.807) is 0 Å². The molecule has 10 heavy (non-hydrogen) atoms. The molecule has 0 aromatic heterocycles. The fourth-order valence-corrected chi connectivity index (χ4v) is 0.681.